The summed E-state index contributed by atoms with van der Waals surface area (Å²) >= 11 is 0. The van der Waals surface area contributed by atoms with E-state index in [1.54, 1.807) is 0 Å². The zero-order chi connectivity index (χ0) is 14.2. The Morgan fingerprint density at radius 2 is 1.56 bits per heavy atom. The van der Waals surface area contributed by atoms with Gasteiger partial charge in [-0.2, -0.15) is 0 Å². The SMILES string of the molecule is C=Cc1ccccc1/C=C\C.CC.CCNCC. The van der Waals surface area contributed by atoms with Crippen LogP contribution in [0.15, 0.2) is 36.9 Å². The normalized spacial score (nSPS) is 8.94. The first-order valence-corrected chi connectivity index (χ1v) is 6.84. The molecule has 0 spiro atoms. The van der Waals surface area contributed by atoms with Crippen LogP contribution in [0, 0.1) is 0 Å². The smallest absolute Gasteiger partial charge is 0.00775 e. The van der Waals surface area contributed by atoms with Gasteiger partial charge in [-0.3, -0.25) is 0 Å². The molecule has 0 saturated heterocycles. The van der Waals surface area contributed by atoms with Gasteiger partial charge < -0.3 is 5.32 Å². The Hall–Kier alpha value is -1.34. The van der Waals surface area contributed by atoms with E-state index in [1.165, 1.54) is 11.1 Å². The molecule has 0 bridgehead atoms. The Kier molecular flexibility index (Phi) is 16.5. The van der Waals surface area contributed by atoms with Gasteiger partial charge in [0.2, 0.25) is 0 Å². The summed E-state index contributed by atoms with van der Waals surface area (Å²) in [5.74, 6) is 0. The molecule has 0 heterocycles. The highest BCUT2D eigenvalue weighted by molar-refractivity contribution is 5.63. The minimum atomic E-state index is 1.09. The molecule has 1 nitrogen and oxygen atoms in total. The number of hydrogen-bond donors (Lipinski definition) is 1. The van der Waals surface area contributed by atoms with Gasteiger partial charge >= 0.3 is 0 Å². The summed E-state index contributed by atoms with van der Waals surface area (Å²) in [6, 6.07) is 8.19. The van der Waals surface area contributed by atoms with Crippen molar-refractivity contribution in [3.8, 4) is 0 Å². The van der Waals surface area contributed by atoms with Crippen LogP contribution in [0.3, 0.4) is 0 Å². The maximum atomic E-state index is 3.74. The van der Waals surface area contributed by atoms with Crippen LogP contribution in [0.2, 0.25) is 0 Å². The molecule has 102 valence electrons. The van der Waals surface area contributed by atoms with Crippen LogP contribution in [-0.2, 0) is 0 Å². The van der Waals surface area contributed by atoms with Crippen LogP contribution in [0.1, 0.15) is 45.7 Å². The molecule has 0 aliphatic heterocycles. The van der Waals surface area contributed by atoms with E-state index in [0.717, 1.165) is 13.1 Å². The molecule has 0 saturated carbocycles. The van der Waals surface area contributed by atoms with Crippen LogP contribution in [-0.4, -0.2) is 13.1 Å². The average molecular weight is 247 g/mol. The molecule has 1 aromatic carbocycles. The lowest BCUT2D eigenvalue weighted by molar-refractivity contribution is 0.762. The zero-order valence-corrected chi connectivity index (χ0v) is 12.7. The molecule has 1 aromatic rings. The van der Waals surface area contributed by atoms with E-state index in [1.807, 2.05) is 45.1 Å². The van der Waals surface area contributed by atoms with Crippen LogP contribution in [0.25, 0.3) is 12.2 Å². The molecule has 1 rings (SSSR count). The fourth-order valence-electron chi connectivity index (χ4n) is 1.28. The maximum absolute atomic E-state index is 3.74. The molecule has 0 aliphatic rings. The van der Waals surface area contributed by atoms with Gasteiger partial charge in [0.1, 0.15) is 0 Å². The van der Waals surface area contributed by atoms with E-state index in [2.05, 4.69) is 44.0 Å². The Balaban J connectivity index is 0. The number of hydrogen-bond acceptors (Lipinski definition) is 1. The summed E-state index contributed by atoms with van der Waals surface area (Å²) in [5.41, 5.74) is 2.41. The highest BCUT2D eigenvalue weighted by Gasteiger charge is 1.90. The van der Waals surface area contributed by atoms with E-state index >= 15 is 0 Å². The largest absolute Gasteiger partial charge is 0.317 e. The maximum Gasteiger partial charge on any atom is -0.00775 e. The quantitative estimate of drug-likeness (QED) is 0.789. The third-order valence-electron chi connectivity index (χ3n) is 2.06. The van der Waals surface area contributed by atoms with Crippen molar-refractivity contribution in [3.05, 3.63) is 48.0 Å². The minimum Gasteiger partial charge on any atom is -0.317 e. The van der Waals surface area contributed by atoms with E-state index < -0.39 is 0 Å². The fourth-order valence-corrected chi connectivity index (χ4v) is 1.28. The van der Waals surface area contributed by atoms with Gasteiger partial charge in [0.15, 0.2) is 0 Å². The molecule has 1 heteroatoms. The van der Waals surface area contributed by atoms with Crippen LogP contribution >= 0.6 is 0 Å². The van der Waals surface area contributed by atoms with E-state index in [-0.39, 0.29) is 0 Å². The van der Waals surface area contributed by atoms with Gasteiger partial charge in [-0.05, 0) is 31.1 Å². The van der Waals surface area contributed by atoms with Gasteiger partial charge in [0, 0.05) is 0 Å². The first kappa shape index (κ1) is 19.0. The van der Waals surface area contributed by atoms with Crippen LogP contribution in [0.4, 0.5) is 0 Å². The molecule has 1 N–H and O–H groups in total. The summed E-state index contributed by atoms with van der Waals surface area (Å²) in [6.45, 7) is 16.1. The molecule has 0 radical (unpaired) electrons. The van der Waals surface area contributed by atoms with E-state index in [0.29, 0.717) is 0 Å². The summed E-state index contributed by atoms with van der Waals surface area (Å²) in [5, 5.41) is 3.11. The lowest BCUT2D eigenvalue weighted by atomic mass is 10.1. The van der Waals surface area contributed by atoms with Gasteiger partial charge in [0.05, 0.1) is 0 Å². The second kappa shape index (κ2) is 15.7. The number of allylic oxidation sites excluding steroid dienone is 1. The van der Waals surface area contributed by atoms with Crippen molar-refractivity contribution in [1.29, 1.82) is 0 Å². The highest BCUT2D eigenvalue weighted by atomic mass is 14.8. The highest BCUT2D eigenvalue weighted by Crippen LogP contribution is 2.11. The van der Waals surface area contributed by atoms with Crippen LogP contribution < -0.4 is 5.32 Å². The van der Waals surface area contributed by atoms with Crippen molar-refractivity contribution in [2.24, 2.45) is 0 Å². The van der Waals surface area contributed by atoms with Crippen molar-refractivity contribution < 1.29 is 0 Å². The lowest BCUT2D eigenvalue weighted by Crippen LogP contribution is -2.09. The standard InChI is InChI=1S/C11H12.C4H11N.C2H6/c1-3-7-11-9-6-5-8-10(11)4-2;1-3-5-4-2;1-2/h3-9H,2H2,1H3;5H,3-4H2,1-2H3;1-2H3/b7-3-;;. The van der Waals surface area contributed by atoms with Crippen molar-refractivity contribution >= 4 is 12.2 Å². The summed E-state index contributed by atoms with van der Waals surface area (Å²) < 4.78 is 0. The van der Waals surface area contributed by atoms with Gasteiger partial charge in [-0.1, -0.05) is 76.8 Å². The second-order valence-electron chi connectivity index (χ2n) is 3.29. The number of nitrogens with one attached hydrogen (secondary N) is 1. The third kappa shape index (κ3) is 9.86. The van der Waals surface area contributed by atoms with Crippen molar-refractivity contribution in [3.63, 3.8) is 0 Å². The Bertz CT molecular complexity index is 311. The van der Waals surface area contributed by atoms with E-state index in [4.69, 9.17) is 0 Å². The third-order valence-corrected chi connectivity index (χ3v) is 2.06. The molecule has 0 aromatic heterocycles. The first-order chi connectivity index (χ1) is 8.79. The van der Waals surface area contributed by atoms with Crippen molar-refractivity contribution in [2.75, 3.05) is 13.1 Å². The molecule has 0 unspecified atom stereocenters. The summed E-state index contributed by atoms with van der Waals surface area (Å²) in [6.07, 6.45) is 5.98. The molecule has 0 fully saturated rings. The average Bonchev–Trinajstić information content (AvgIpc) is 2.44. The Morgan fingerprint density at radius 1 is 1.06 bits per heavy atom. The molecule has 0 amide bonds. The molecule has 18 heavy (non-hydrogen) atoms. The van der Waals surface area contributed by atoms with Crippen molar-refractivity contribution in [1.82, 2.24) is 5.32 Å². The first-order valence-electron chi connectivity index (χ1n) is 6.84. The zero-order valence-electron chi connectivity index (χ0n) is 12.7. The molecular formula is C17H29N. The topological polar surface area (TPSA) is 12.0 Å². The van der Waals surface area contributed by atoms with E-state index in [9.17, 15) is 0 Å². The summed E-state index contributed by atoms with van der Waals surface area (Å²) in [4.78, 5) is 0. The van der Waals surface area contributed by atoms with Gasteiger partial charge in [0.25, 0.3) is 0 Å². The van der Waals surface area contributed by atoms with Crippen LogP contribution in [0.5, 0.6) is 0 Å². The minimum absolute atomic E-state index is 1.09. The predicted molar refractivity (Wildman–Crippen MR) is 86.8 cm³/mol. The second-order valence-corrected chi connectivity index (χ2v) is 3.29. The van der Waals surface area contributed by atoms with Crippen molar-refractivity contribution in [2.45, 2.75) is 34.6 Å². The summed E-state index contributed by atoms with van der Waals surface area (Å²) in [7, 11) is 0. The Morgan fingerprint density at radius 3 is 1.89 bits per heavy atom. The monoisotopic (exact) mass is 247 g/mol. The van der Waals surface area contributed by atoms with Gasteiger partial charge in [-0.25, -0.2) is 0 Å². The predicted octanol–water partition coefficient (Wildman–Crippen LogP) is 5.00. The number of benzene rings is 1. The Labute approximate surface area is 114 Å². The van der Waals surface area contributed by atoms with Gasteiger partial charge in [-0.15, -0.1) is 0 Å². The molecule has 0 aliphatic carbocycles. The fraction of sp³-hybridized carbons (Fsp3) is 0.412. The lowest BCUT2D eigenvalue weighted by Gasteiger charge is -1.97. The molecular weight excluding hydrogens is 218 g/mol. The number of rotatable bonds is 4. The molecule has 0 atom stereocenters.